The van der Waals surface area contributed by atoms with Crippen LogP contribution >= 0.6 is 11.6 Å². The molecule has 0 aliphatic heterocycles. The molecule has 100 valence electrons. The fourth-order valence-electron chi connectivity index (χ4n) is 1.89. The van der Waals surface area contributed by atoms with E-state index in [0.29, 0.717) is 11.5 Å². The Kier molecular flexibility index (Phi) is 3.20. The van der Waals surface area contributed by atoms with Crippen LogP contribution in [0.15, 0.2) is 48.5 Å². The molecule has 0 spiro atoms. The summed E-state index contributed by atoms with van der Waals surface area (Å²) in [7, 11) is 0. The van der Waals surface area contributed by atoms with Crippen LogP contribution in [0.3, 0.4) is 0 Å². The maximum Gasteiger partial charge on any atom is 0.229 e. The summed E-state index contributed by atoms with van der Waals surface area (Å²) in [5.74, 6) is -1.41. The van der Waals surface area contributed by atoms with Crippen molar-refractivity contribution in [3.8, 4) is 17.1 Å². The van der Waals surface area contributed by atoms with Crippen LogP contribution < -0.4 is 0 Å². The smallest absolute Gasteiger partial charge is 0.229 e. The molecule has 0 aliphatic carbocycles. The molecule has 0 atom stereocenters. The Bertz CT molecular complexity index is 756. The van der Waals surface area contributed by atoms with Gasteiger partial charge in [-0.25, -0.2) is 8.78 Å². The third-order valence-corrected chi connectivity index (χ3v) is 3.06. The van der Waals surface area contributed by atoms with Gasteiger partial charge in [-0.3, -0.25) is 4.57 Å². The van der Waals surface area contributed by atoms with Gasteiger partial charge in [-0.2, -0.15) is 0 Å². The highest BCUT2D eigenvalue weighted by molar-refractivity contribution is 6.28. The average Bonchev–Trinajstić information content (AvgIpc) is 2.85. The predicted molar refractivity (Wildman–Crippen MR) is 71.7 cm³/mol. The molecular formula is C14H8ClF2N3. The Hall–Kier alpha value is -2.27. The second kappa shape index (κ2) is 5.02. The van der Waals surface area contributed by atoms with Crippen LogP contribution in [0.25, 0.3) is 17.1 Å². The van der Waals surface area contributed by atoms with E-state index in [1.54, 1.807) is 0 Å². The Morgan fingerprint density at radius 1 is 0.900 bits per heavy atom. The van der Waals surface area contributed by atoms with Gasteiger partial charge < -0.3 is 0 Å². The molecular weight excluding hydrogens is 284 g/mol. The van der Waals surface area contributed by atoms with Gasteiger partial charge in [0.05, 0.1) is 5.69 Å². The van der Waals surface area contributed by atoms with E-state index >= 15 is 0 Å². The number of rotatable bonds is 2. The molecule has 3 nitrogen and oxygen atoms in total. The van der Waals surface area contributed by atoms with E-state index < -0.39 is 11.6 Å². The van der Waals surface area contributed by atoms with E-state index in [1.807, 2.05) is 30.3 Å². The van der Waals surface area contributed by atoms with Crippen molar-refractivity contribution in [2.75, 3.05) is 0 Å². The molecule has 0 N–H and O–H groups in total. The molecule has 0 unspecified atom stereocenters. The first-order chi connectivity index (χ1) is 9.66. The number of halogens is 3. The number of nitrogens with zero attached hydrogens (tertiary/aromatic N) is 3. The summed E-state index contributed by atoms with van der Waals surface area (Å²) in [6, 6.07) is 12.7. The summed E-state index contributed by atoms with van der Waals surface area (Å²) in [4.78, 5) is 0. The van der Waals surface area contributed by atoms with Gasteiger partial charge in [0.25, 0.3) is 0 Å². The van der Waals surface area contributed by atoms with Gasteiger partial charge in [0.2, 0.25) is 5.28 Å². The van der Waals surface area contributed by atoms with E-state index in [-0.39, 0.29) is 5.28 Å². The van der Waals surface area contributed by atoms with E-state index in [1.165, 1.54) is 10.6 Å². The monoisotopic (exact) mass is 291 g/mol. The lowest BCUT2D eigenvalue weighted by Gasteiger charge is -2.08. The van der Waals surface area contributed by atoms with Crippen LogP contribution in [0, 0.1) is 11.6 Å². The van der Waals surface area contributed by atoms with Crippen molar-refractivity contribution < 1.29 is 8.78 Å². The highest BCUT2D eigenvalue weighted by Gasteiger charge is 2.15. The lowest BCUT2D eigenvalue weighted by molar-refractivity contribution is 0.508. The summed E-state index contributed by atoms with van der Waals surface area (Å²) < 4.78 is 27.8. The lowest BCUT2D eigenvalue weighted by atomic mass is 10.2. The molecule has 3 aromatic rings. The highest BCUT2D eigenvalue weighted by Crippen LogP contribution is 2.25. The molecule has 20 heavy (non-hydrogen) atoms. The Balaban J connectivity index is 2.19. The van der Waals surface area contributed by atoms with Crippen LogP contribution in [0.5, 0.6) is 0 Å². The lowest BCUT2D eigenvalue weighted by Crippen LogP contribution is -1.99. The number of benzene rings is 2. The normalized spacial score (nSPS) is 10.8. The zero-order valence-electron chi connectivity index (χ0n) is 10.1. The molecule has 0 radical (unpaired) electrons. The van der Waals surface area contributed by atoms with Crippen LogP contribution in [-0.4, -0.2) is 14.8 Å². The molecule has 0 aliphatic rings. The SMILES string of the molecule is Fc1ccc(-n2c(Cl)nnc2-c2ccccc2)cc1F. The summed E-state index contributed by atoms with van der Waals surface area (Å²) in [5.41, 5.74) is 1.13. The van der Waals surface area contributed by atoms with Gasteiger partial charge in [0.1, 0.15) is 0 Å². The molecule has 1 heterocycles. The molecule has 0 saturated carbocycles. The first-order valence-electron chi connectivity index (χ1n) is 5.78. The maximum atomic E-state index is 13.4. The second-order valence-electron chi connectivity index (χ2n) is 4.09. The first kappa shape index (κ1) is 12.7. The van der Waals surface area contributed by atoms with Gasteiger partial charge in [0, 0.05) is 11.6 Å². The molecule has 0 amide bonds. The van der Waals surface area contributed by atoms with Crippen molar-refractivity contribution in [2.45, 2.75) is 0 Å². The van der Waals surface area contributed by atoms with Gasteiger partial charge in [-0.15, -0.1) is 10.2 Å². The van der Waals surface area contributed by atoms with Crippen molar-refractivity contribution in [3.05, 3.63) is 65.4 Å². The van der Waals surface area contributed by atoms with Gasteiger partial charge >= 0.3 is 0 Å². The van der Waals surface area contributed by atoms with Crippen molar-refractivity contribution in [3.63, 3.8) is 0 Å². The standard InChI is InChI=1S/C14H8ClF2N3/c15-14-19-18-13(9-4-2-1-3-5-9)20(14)10-6-7-11(16)12(17)8-10/h1-8H. The molecule has 6 heteroatoms. The van der Waals surface area contributed by atoms with E-state index in [4.69, 9.17) is 11.6 Å². The van der Waals surface area contributed by atoms with Crippen molar-refractivity contribution in [1.82, 2.24) is 14.8 Å². The Labute approximate surface area is 118 Å². The van der Waals surface area contributed by atoms with E-state index in [2.05, 4.69) is 10.2 Å². The Morgan fingerprint density at radius 3 is 2.35 bits per heavy atom. The van der Waals surface area contributed by atoms with Crippen LogP contribution in [0.1, 0.15) is 0 Å². The fourth-order valence-corrected chi connectivity index (χ4v) is 2.11. The van der Waals surface area contributed by atoms with Crippen molar-refractivity contribution >= 4 is 11.6 Å². The molecule has 1 aromatic heterocycles. The van der Waals surface area contributed by atoms with Crippen molar-refractivity contribution in [2.24, 2.45) is 0 Å². The molecule has 0 bridgehead atoms. The van der Waals surface area contributed by atoms with Gasteiger partial charge in [-0.1, -0.05) is 30.3 Å². The average molecular weight is 292 g/mol. The second-order valence-corrected chi connectivity index (χ2v) is 4.43. The number of aromatic nitrogens is 3. The first-order valence-corrected chi connectivity index (χ1v) is 6.16. The third-order valence-electron chi connectivity index (χ3n) is 2.82. The number of hydrogen-bond acceptors (Lipinski definition) is 2. The van der Waals surface area contributed by atoms with Gasteiger partial charge in [-0.05, 0) is 23.7 Å². The highest BCUT2D eigenvalue weighted by atomic mass is 35.5. The van der Waals surface area contributed by atoms with Crippen LogP contribution in [0.2, 0.25) is 5.28 Å². The summed E-state index contributed by atoms with van der Waals surface area (Å²) in [6.45, 7) is 0. The minimum atomic E-state index is -0.953. The summed E-state index contributed by atoms with van der Waals surface area (Å²) >= 11 is 5.99. The zero-order valence-corrected chi connectivity index (χ0v) is 10.9. The minimum absolute atomic E-state index is 0.0786. The largest absolute Gasteiger partial charge is 0.266 e. The van der Waals surface area contributed by atoms with E-state index in [9.17, 15) is 8.78 Å². The minimum Gasteiger partial charge on any atom is -0.266 e. The zero-order chi connectivity index (χ0) is 14.1. The third kappa shape index (κ3) is 2.16. The van der Waals surface area contributed by atoms with Gasteiger partial charge in [0.15, 0.2) is 17.5 Å². The quantitative estimate of drug-likeness (QED) is 0.717. The molecule has 0 saturated heterocycles. The molecule has 0 fully saturated rings. The topological polar surface area (TPSA) is 30.7 Å². The van der Waals surface area contributed by atoms with Crippen LogP contribution in [-0.2, 0) is 0 Å². The van der Waals surface area contributed by atoms with E-state index in [0.717, 1.165) is 17.7 Å². The predicted octanol–water partition coefficient (Wildman–Crippen LogP) is 3.87. The van der Waals surface area contributed by atoms with Crippen LogP contribution in [0.4, 0.5) is 8.78 Å². The Morgan fingerprint density at radius 2 is 1.65 bits per heavy atom. The fraction of sp³-hybridized carbons (Fsp3) is 0. The maximum absolute atomic E-state index is 13.4. The van der Waals surface area contributed by atoms with Crippen molar-refractivity contribution in [1.29, 1.82) is 0 Å². The molecule has 2 aromatic carbocycles. The number of hydrogen-bond donors (Lipinski definition) is 0. The summed E-state index contributed by atoms with van der Waals surface area (Å²) in [6.07, 6.45) is 0. The summed E-state index contributed by atoms with van der Waals surface area (Å²) in [5, 5.41) is 7.84. The molecule has 3 rings (SSSR count).